The molecule has 0 radical (unpaired) electrons. The second-order valence-electron chi connectivity index (χ2n) is 7.62. The first-order valence-corrected chi connectivity index (χ1v) is 11.0. The predicted octanol–water partition coefficient (Wildman–Crippen LogP) is 2.72. The highest BCUT2D eigenvalue weighted by molar-refractivity contribution is 5.96. The lowest BCUT2D eigenvalue weighted by Crippen LogP contribution is -2.31. The van der Waals surface area contributed by atoms with Crippen molar-refractivity contribution in [2.75, 3.05) is 27.4 Å². The van der Waals surface area contributed by atoms with Gasteiger partial charge in [0.2, 0.25) is 5.88 Å². The number of aromatic nitrogens is 4. The summed E-state index contributed by atoms with van der Waals surface area (Å²) in [4.78, 5) is 24.6. The molecule has 0 saturated carbocycles. The topological polar surface area (TPSA) is 130 Å². The molecule has 0 unspecified atom stereocenters. The number of nitrogens with one attached hydrogen (secondary N) is 1. The molecular weight excluding hydrogens is 466 g/mol. The molecule has 182 valence electrons. The highest BCUT2D eigenvalue weighted by atomic mass is 16.5. The largest absolute Gasteiger partial charge is 0.497 e. The van der Waals surface area contributed by atoms with Crippen LogP contribution in [0.2, 0.25) is 0 Å². The molecule has 0 aliphatic carbocycles. The van der Waals surface area contributed by atoms with Gasteiger partial charge >= 0.3 is 5.63 Å². The Morgan fingerprint density at radius 1 is 1.03 bits per heavy atom. The zero-order chi connectivity index (χ0) is 25.1. The van der Waals surface area contributed by atoms with Crippen LogP contribution in [0, 0.1) is 0 Å². The summed E-state index contributed by atoms with van der Waals surface area (Å²) in [6, 6.07) is 17.2. The third-order valence-electron chi connectivity index (χ3n) is 5.41. The summed E-state index contributed by atoms with van der Waals surface area (Å²) in [6.07, 6.45) is 0. The number of rotatable bonds is 8. The number of nitrogens with zero attached hydrogens (tertiary/aromatic N) is 4. The first kappa shape index (κ1) is 22.8. The van der Waals surface area contributed by atoms with Crippen LogP contribution in [0.15, 0.2) is 69.9 Å². The van der Waals surface area contributed by atoms with Crippen LogP contribution in [0.3, 0.4) is 0 Å². The first-order valence-electron chi connectivity index (χ1n) is 11.0. The molecule has 36 heavy (non-hydrogen) atoms. The number of benzene rings is 2. The van der Waals surface area contributed by atoms with Crippen molar-refractivity contribution in [3.05, 3.63) is 76.6 Å². The lowest BCUT2D eigenvalue weighted by molar-refractivity contribution is 0.0943. The molecule has 0 spiro atoms. The Labute approximate surface area is 204 Å². The molecule has 1 amide bonds. The third-order valence-corrected chi connectivity index (χ3v) is 5.41. The van der Waals surface area contributed by atoms with Gasteiger partial charge in [0.1, 0.15) is 29.3 Å². The number of para-hydroxylation sites is 1. The highest BCUT2D eigenvalue weighted by Crippen LogP contribution is 2.32. The summed E-state index contributed by atoms with van der Waals surface area (Å²) in [5.41, 5.74) is 0.845. The van der Waals surface area contributed by atoms with Crippen LogP contribution in [-0.2, 0) is 0 Å². The number of ether oxygens (including phenoxy) is 3. The van der Waals surface area contributed by atoms with E-state index in [0.717, 1.165) is 0 Å². The molecule has 11 nitrogen and oxygen atoms in total. The van der Waals surface area contributed by atoms with E-state index in [1.54, 1.807) is 67.3 Å². The minimum absolute atomic E-state index is 0.0733. The molecule has 0 saturated heterocycles. The van der Waals surface area contributed by atoms with Crippen molar-refractivity contribution in [3.8, 4) is 28.8 Å². The number of carbonyl (C=O) groups is 1. The Kier molecular flexibility index (Phi) is 6.18. The maximum absolute atomic E-state index is 12.5. The Balaban J connectivity index is 1.27. The Hall–Kier alpha value is -4.93. The van der Waals surface area contributed by atoms with Gasteiger partial charge < -0.3 is 23.9 Å². The van der Waals surface area contributed by atoms with Crippen LogP contribution in [0.5, 0.6) is 17.4 Å². The fraction of sp³-hybridized carbons (Fsp3) is 0.160. The molecule has 0 aliphatic rings. The standard InChI is InChI=1S/C25H21N5O6/c1-33-16-7-8-17(20(14-16)34-2)23-28-27-21-9-10-22(29-30(21)23)35-12-11-26-24(31)18-13-15-5-3-4-6-19(15)36-25(18)32/h3-10,13-14H,11-12H2,1-2H3,(H,26,31). The molecule has 0 fully saturated rings. The maximum Gasteiger partial charge on any atom is 0.349 e. The van der Waals surface area contributed by atoms with Crippen molar-refractivity contribution in [3.63, 3.8) is 0 Å². The molecule has 3 aromatic heterocycles. The molecule has 5 aromatic rings. The van der Waals surface area contributed by atoms with Gasteiger partial charge in [-0.05, 0) is 30.3 Å². The normalized spacial score (nSPS) is 10.9. The van der Waals surface area contributed by atoms with E-state index in [1.807, 2.05) is 6.07 Å². The van der Waals surface area contributed by atoms with Crippen LogP contribution in [0.1, 0.15) is 10.4 Å². The van der Waals surface area contributed by atoms with Crippen molar-refractivity contribution in [2.45, 2.75) is 0 Å². The number of methoxy groups -OCH3 is 2. The summed E-state index contributed by atoms with van der Waals surface area (Å²) < 4.78 is 23.2. The second kappa shape index (κ2) is 9.74. The van der Waals surface area contributed by atoms with Crippen molar-refractivity contribution < 1.29 is 23.4 Å². The molecule has 1 N–H and O–H groups in total. The van der Waals surface area contributed by atoms with Gasteiger partial charge in [0.25, 0.3) is 5.91 Å². The third kappa shape index (κ3) is 4.41. The van der Waals surface area contributed by atoms with Crippen molar-refractivity contribution in [1.29, 1.82) is 0 Å². The highest BCUT2D eigenvalue weighted by Gasteiger charge is 2.16. The molecule has 5 rings (SSSR count). The Bertz CT molecular complexity index is 1630. The quantitative estimate of drug-likeness (QED) is 0.259. The zero-order valence-electron chi connectivity index (χ0n) is 19.4. The van der Waals surface area contributed by atoms with Gasteiger partial charge in [0, 0.05) is 17.5 Å². The van der Waals surface area contributed by atoms with E-state index < -0.39 is 11.5 Å². The maximum atomic E-state index is 12.5. The van der Waals surface area contributed by atoms with Gasteiger partial charge in [-0.15, -0.1) is 15.3 Å². The molecular formula is C25H21N5O6. The first-order chi connectivity index (χ1) is 17.6. The SMILES string of the molecule is COc1ccc(-c2nnc3ccc(OCCNC(=O)c4cc5ccccc5oc4=O)nn23)c(OC)c1. The molecule has 3 heterocycles. The van der Waals surface area contributed by atoms with Gasteiger partial charge in [-0.25, -0.2) is 4.79 Å². The lowest BCUT2D eigenvalue weighted by atomic mass is 10.2. The Morgan fingerprint density at radius 3 is 2.72 bits per heavy atom. The fourth-order valence-corrected chi connectivity index (χ4v) is 3.64. The van der Waals surface area contributed by atoms with E-state index in [9.17, 15) is 9.59 Å². The van der Waals surface area contributed by atoms with Crippen molar-refractivity contribution >= 4 is 22.5 Å². The van der Waals surface area contributed by atoms with Crippen LogP contribution >= 0.6 is 0 Å². The van der Waals surface area contributed by atoms with E-state index in [2.05, 4.69) is 20.6 Å². The Morgan fingerprint density at radius 2 is 1.89 bits per heavy atom. The predicted molar refractivity (Wildman–Crippen MR) is 130 cm³/mol. The van der Waals surface area contributed by atoms with Gasteiger partial charge in [0.05, 0.1) is 26.3 Å². The molecule has 2 aromatic carbocycles. The van der Waals surface area contributed by atoms with Crippen LogP contribution in [-0.4, -0.2) is 53.1 Å². The summed E-state index contributed by atoms with van der Waals surface area (Å²) >= 11 is 0. The van der Waals surface area contributed by atoms with Gasteiger partial charge in [-0.2, -0.15) is 4.52 Å². The minimum Gasteiger partial charge on any atom is -0.497 e. The van der Waals surface area contributed by atoms with E-state index >= 15 is 0 Å². The number of carbonyl (C=O) groups excluding carboxylic acids is 1. The summed E-state index contributed by atoms with van der Waals surface area (Å²) in [5.74, 6) is 1.42. The summed E-state index contributed by atoms with van der Waals surface area (Å²) in [7, 11) is 3.13. The smallest absolute Gasteiger partial charge is 0.349 e. The number of hydrogen-bond donors (Lipinski definition) is 1. The fourth-order valence-electron chi connectivity index (χ4n) is 3.64. The van der Waals surface area contributed by atoms with E-state index in [4.69, 9.17) is 18.6 Å². The van der Waals surface area contributed by atoms with Crippen LogP contribution < -0.4 is 25.2 Å². The average molecular weight is 487 g/mol. The van der Waals surface area contributed by atoms with Gasteiger partial charge in [-0.1, -0.05) is 18.2 Å². The van der Waals surface area contributed by atoms with Gasteiger partial charge in [0.15, 0.2) is 11.5 Å². The van der Waals surface area contributed by atoms with Crippen molar-refractivity contribution in [2.24, 2.45) is 0 Å². The molecule has 0 bridgehead atoms. The van der Waals surface area contributed by atoms with E-state index in [0.29, 0.717) is 45.4 Å². The van der Waals surface area contributed by atoms with Crippen molar-refractivity contribution in [1.82, 2.24) is 25.1 Å². The summed E-state index contributed by atoms with van der Waals surface area (Å²) in [6.45, 7) is 0.263. The summed E-state index contributed by atoms with van der Waals surface area (Å²) in [5, 5.41) is 16.2. The minimum atomic E-state index is -0.701. The van der Waals surface area contributed by atoms with Gasteiger partial charge in [-0.3, -0.25) is 4.79 Å². The molecule has 11 heteroatoms. The average Bonchev–Trinajstić information content (AvgIpc) is 3.33. The number of fused-ring (bicyclic) bond motifs is 2. The lowest BCUT2D eigenvalue weighted by Gasteiger charge is -2.10. The van der Waals surface area contributed by atoms with Crippen LogP contribution in [0.4, 0.5) is 0 Å². The number of amides is 1. The van der Waals surface area contributed by atoms with Crippen LogP contribution in [0.25, 0.3) is 28.0 Å². The number of hydrogen-bond acceptors (Lipinski definition) is 9. The van der Waals surface area contributed by atoms with E-state index in [1.165, 1.54) is 6.07 Å². The monoisotopic (exact) mass is 487 g/mol. The molecule has 0 aliphatic heterocycles. The van der Waals surface area contributed by atoms with E-state index in [-0.39, 0.29) is 18.7 Å². The molecule has 0 atom stereocenters. The zero-order valence-corrected chi connectivity index (χ0v) is 19.4. The second-order valence-corrected chi connectivity index (χ2v) is 7.62.